The van der Waals surface area contributed by atoms with Crippen LogP contribution in [0.3, 0.4) is 0 Å². The van der Waals surface area contributed by atoms with Gasteiger partial charge in [-0.1, -0.05) is 11.3 Å². The van der Waals surface area contributed by atoms with Crippen LogP contribution >= 0.6 is 11.3 Å². The molecule has 0 unspecified atom stereocenters. The van der Waals surface area contributed by atoms with E-state index in [1.165, 1.54) is 16.2 Å². The number of fused-ring (bicyclic) bond motifs is 1. The third-order valence-corrected chi connectivity index (χ3v) is 5.37. The third kappa shape index (κ3) is 4.61. The summed E-state index contributed by atoms with van der Waals surface area (Å²) in [5, 5.41) is 0.698. The minimum Gasteiger partial charge on any atom is -0.497 e. The zero-order chi connectivity index (χ0) is 20.1. The van der Waals surface area contributed by atoms with Crippen LogP contribution in [-0.4, -0.2) is 51.8 Å². The first-order chi connectivity index (χ1) is 13.5. The molecule has 3 aromatic rings. The van der Waals surface area contributed by atoms with Gasteiger partial charge in [-0.2, -0.15) is 0 Å². The molecule has 0 radical (unpaired) electrons. The van der Waals surface area contributed by atoms with Crippen molar-refractivity contribution in [2.45, 2.75) is 6.92 Å². The number of likely N-dealkylation sites (N-methyl/N-ethyl adjacent to an activating group) is 1. The number of carbonyl (C=O) groups excluding carboxylic acids is 1. The fourth-order valence-electron chi connectivity index (χ4n) is 2.77. The lowest BCUT2D eigenvalue weighted by atomic mass is 10.2. The molecule has 0 spiro atoms. The number of aromatic nitrogens is 1. The molecule has 0 saturated carbocycles. The Labute approximate surface area is 169 Å². The molecular weight excluding hydrogens is 374 g/mol. The van der Waals surface area contributed by atoms with Crippen LogP contribution in [0.2, 0.25) is 0 Å². The van der Waals surface area contributed by atoms with E-state index < -0.39 is 0 Å². The molecule has 0 atom stereocenters. The van der Waals surface area contributed by atoms with Crippen molar-refractivity contribution in [1.29, 1.82) is 0 Å². The standard InChI is InChI=1S/C21H25N3O3S/c1-5-27-16-8-6-15(7-9-16)20(25)24(13-12-23(2)3)21-22-18-14-17(26-4)10-11-19(18)28-21/h6-11,14H,5,12-13H2,1-4H3/p+1. The summed E-state index contributed by atoms with van der Waals surface area (Å²) in [4.78, 5) is 21.0. The second kappa shape index (κ2) is 9.03. The van der Waals surface area contributed by atoms with Gasteiger partial charge < -0.3 is 14.4 Å². The van der Waals surface area contributed by atoms with Crippen molar-refractivity contribution in [2.24, 2.45) is 0 Å². The van der Waals surface area contributed by atoms with Gasteiger partial charge in [0.15, 0.2) is 5.13 Å². The molecule has 6 nitrogen and oxygen atoms in total. The molecule has 28 heavy (non-hydrogen) atoms. The number of carbonyl (C=O) groups is 1. The zero-order valence-electron chi connectivity index (χ0n) is 16.7. The molecule has 148 valence electrons. The molecule has 1 aromatic heterocycles. The number of quaternary nitrogens is 1. The van der Waals surface area contributed by atoms with Crippen LogP contribution in [0.15, 0.2) is 42.5 Å². The van der Waals surface area contributed by atoms with Gasteiger partial charge in [-0.25, -0.2) is 4.98 Å². The van der Waals surface area contributed by atoms with E-state index in [1.54, 1.807) is 24.1 Å². The number of nitrogens with one attached hydrogen (secondary N) is 1. The number of hydrogen-bond donors (Lipinski definition) is 1. The summed E-state index contributed by atoms with van der Waals surface area (Å²) in [5.74, 6) is 1.46. The maximum absolute atomic E-state index is 13.2. The van der Waals surface area contributed by atoms with Crippen LogP contribution in [0.5, 0.6) is 11.5 Å². The molecule has 0 bridgehead atoms. The Morgan fingerprint density at radius 1 is 1.14 bits per heavy atom. The Bertz CT molecular complexity index is 938. The first-order valence-electron chi connectivity index (χ1n) is 9.30. The summed E-state index contributed by atoms with van der Waals surface area (Å²) in [5.41, 5.74) is 1.45. The topological polar surface area (TPSA) is 56.1 Å². The van der Waals surface area contributed by atoms with Crippen molar-refractivity contribution in [2.75, 3.05) is 45.8 Å². The average molecular weight is 401 g/mol. The van der Waals surface area contributed by atoms with E-state index in [0.29, 0.717) is 23.8 Å². The van der Waals surface area contributed by atoms with Gasteiger partial charge in [0.05, 0.1) is 51.1 Å². The van der Waals surface area contributed by atoms with Gasteiger partial charge >= 0.3 is 0 Å². The minimum atomic E-state index is -0.0599. The van der Waals surface area contributed by atoms with E-state index in [1.807, 2.05) is 37.3 Å². The maximum atomic E-state index is 13.2. The Balaban J connectivity index is 1.92. The Hall–Kier alpha value is -2.64. The number of amides is 1. The fourth-order valence-corrected chi connectivity index (χ4v) is 3.74. The van der Waals surface area contributed by atoms with E-state index in [-0.39, 0.29) is 5.91 Å². The van der Waals surface area contributed by atoms with E-state index >= 15 is 0 Å². The van der Waals surface area contributed by atoms with Crippen LogP contribution in [0.1, 0.15) is 17.3 Å². The molecule has 0 fully saturated rings. The maximum Gasteiger partial charge on any atom is 0.260 e. The molecule has 0 aliphatic heterocycles. The van der Waals surface area contributed by atoms with E-state index in [2.05, 4.69) is 14.1 Å². The van der Waals surface area contributed by atoms with Gasteiger partial charge in [-0.15, -0.1) is 0 Å². The molecule has 1 N–H and O–H groups in total. The lowest BCUT2D eigenvalue weighted by Gasteiger charge is -2.20. The lowest BCUT2D eigenvalue weighted by molar-refractivity contribution is -0.856. The van der Waals surface area contributed by atoms with Crippen molar-refractivity contribution in [3.05, 3.63) is 48.0 Å². The SMILES string of the molecule is CCOc1ccc(C(=O)N(CC[NH+](C)C)c2nc3cc(OC)ccc3s2)cc1. The number of methoxy groups -OCH3 is 1. The lowest BCUT2D eigenvalue weighted by Crippen LogP contribution is -3.06. The summed E-state index contributed by atoms with van der Waals surface area (Å²) in [6.45, 7) is 3.94. The van der Waals surface area contributed by atoms with Gasteiger partial charge in [-0.3, -0.25) is 9.69 Å². The molecule has 0 saturated heterocycles. The Morgan fingerprint density at radius 2 is 1.86 bits per heavy atom. The number of anilines is 1. The normalized spacial score (nSPS) is 11.0. The van der Waals surface area contributed by atoms with Gasteiger partial charge in [0, 0.05) is 11.6 Å². The van der Waals surface area contributed by atoms with Crippen molar-refractivity contribution < 1.29 is 19.2 Å². The largest absolute Gasteiger partial charge is 0.497 e. The van der Waals surface area contributed by atoms with E-state index in [4.69, 9.17) is 14.5 Å². The Kier molecular flexibility index (Phi) is 6.49. The van der Waals surface area contributed by atoms with Crippen molar-refractivity contribution in [3.8, 4) is 11.5 Å². The quantitative estimate of drug-likeness (QED) is 0.631. The highest BCUT2D eigenvalue weighted by molar-refractivity contribution is 7.22. The highest BCUT2D eigenvalue weighted by atomic mass is 32.1. The first-order valence-corrected chi connectivity index (χ1v) is 10.1. The summed E-state index contributed by atoms with van der Waals surface area (Å²) in [6, 6.07) is 13.0. The Morgan fingerprint density at radius 3 is 2.50 bits per heavy atom. The van der Waals surface area contributed by atoms with Crippen molar-refractivity contribution in [3.63, 3.8) is 0 Å². The predicted molar refractivity (Wildman–Crippen MR) is 113 cm³/mol. The molecule has 3 rings (SSSR count). The molecular formula is C21H26N3O3S+. The minimum absolute atomic E-state index is 0.0599. The first kappa shape index (κ1) is 20.1. The summed E-state index contributed by atoms with van der Waals surface area (Å²) < 4.78 is 11.8. The third-order valence-electron chi connectivity index (χ3n) is 4.31. The molecule has 0 aliphatic rings. The van der Waals surface area contributed by atoms with Crippen LogP contribution in [0, 0.1) is 0 Å². The number of ether oxygens (including phenoxy) is 2. The highest BCUT2D eigenvalue weighted by Crippen LogP contribution is 2.32. The number of nitrogens with zero attached hydrogens (tertiary/aromatic N) is 2. The highest BCUT2D eigenvalue weighted by Gasteiger charge is 2.22. The molecule has 1 heterocycles. The zero-order valence-corrected chi connectivity index (χ0v) is 17.5. The van der Waals surface area contributed by atoms with Crippen LogP contribution in [-0.2, 0) is 0 Å². The van der Waals surface area contributed by atoms with Crippen molar-refractivity contribution in [1.82, 2.24) is 4.98 Å². The van der Waals surface area contributed by atoms with Crippen molar-refractivity contribution >= 4 is 32.6 Å². The predicted octanol–water partition coefficient (Wildman–Crippen LogP) is 2.49. The van der Waals surface area contributed by atoms with Gasteiger partial charge in [0.1, 0.15) is 11.5 Å². The van der Waals surface area contributed by atoms with Crippen LogP contribution in [0.4, 0.5) is 5.13 Å². The summed E-state index contributed by atoms with van der Waals surface area (Å²) in [6.07, 6.45) is 0. The second-order valence-corrected chi connectivity index (χ2v) is 7.71. The number of hydrogen-bond acceptors (Lipinski definition) is 5. The average Bonchev–Trinajstić information content (AvgIpc) is 3.11. The number of benzene rings is 2. The number of thiazole rings is 1. The van der Waals surface area contributed by atoms with Gasteiger partial charge in [0.25, 0.3) is 5.91 Å². The summed E-state index contributed by atoms with van der Waals surface area (Å²) in [7, 11) is 5.78. The molecule has 0 aliphatic carbocycles. The second-order valence-electron chi connectivity index (χ2n) is 6.70. The number of rotatable bonds is 8. The summed E-state index contributed by atoms with van der Waals surface area (Å²) >= 11 is 1.51. The van der Waals surface area contributed by atoms with Crippen LogP contribution < -0.4 is 19.3 Å². The van der Waals surface area contributed by atoms with E-state index in [0.717, 1.165) is 28.3 Å². The van der Waals surface area contributed by atoms with Gasteiger partial charge in [-0.05, 0) is 43.3 Å². The van der Waals surface area contributed by atoms with Crippen LogP contribution in [0.25, 0.3) is 10.2 Å². The van der Waals surface area contributed by atoms with Gasteiger partial charge in [0.2, 0.25) is 0 Å². The fraction of sp³-hybridized carbons (Fsp3) is 0.333. The van der Waals surface area contributed by atoms with E-state index in [9.17, 15) is 4.79 Å². The monoisotopic (exact) mass is 400 g/mol. The molecule has 7 heteroatoms. The smallest absolute Gasteiger partial charge is 0.260 e. The molecule has 1 amide bonds. The molecule has 2 aromatic carbocycles.